The van der Waals surface area contributed by atoms with Crippen molar-refractivity contribution in [2.45, 2.75) is 36.2 Å². The first-order chi connectivity index (χ1) is 11.9. The molecule has 0 aromatic heterocycles. The molecule has 1 aliphatic heterocycles. The van der Waals surface area contributed by atoms with E-state index in [2.05, 4.69) is 0 Å². The molecule has 2 rings (SSSR count). The van der Waals surface area contributed by atoms with E-state index in [0.717, 1.165) is 24.3 Å². The maximum Gasteiger partial charge on any atom is 0.501 e. The fourth-order valence-electron chi connectivity index (χ4n) is 2.79. The third-order valence-electron chi connectivity index (χ3n) is 4.09. The summed E-state index contributed by atoms with van der Waals surface area (Å²) >= 11 is 0. The second kappa shape index (κ2) is 7.18. The Bertz CT molecular complexity index is 877. The molecule has 1 atom stereocenters. The van der Waals surface area contributed by atoms with Crippen LogP contribution in [0.1, 0.15) is 30.1 Å². The fourth-order valence-corrected chi connectivity index (χ4v) is 5.28. The maximum absolute atomic E-state index is 12.7. The summed E-state index contributed by atoms with van der Waals surface area (Å²) in [5.41, 5.74) is -5.42. The van der Waals surface area contributed by atoms with E-state index >= 15 is 0 Å². The lowest BCUT2D eigenvalue weighted by Gasteiger charge is -2.28. The van der Waals surface area contributed by atoms with Crippen LogP contribution in [0.25, 0.3) is 0 Å². The first-order valence-electron chi connectivity index (χ1n) is 7.82. The summed E-state index contributed by atoms with van der Waals surface area (Å²) < 4.78 is 83.7. The Labute approximate surface area is 149 Å². The molecule has 1 aliphatic rings. The second-order valence-electron chi connectivity index (χ2n) is 6.03. The number of amides is 1. The first kappa shape index (κ1) is 20.7. The van der Waals surface area contributed by atoms with Crippen molar-refractivity contribution >= 4 is 25.6 Å². The van der Waals surface area contributed by atoms with Crippen molar-refractivity contribution in [2.75, 3.05) is 18.1 Å². The minimum Gasteiger partial charge on any atom is -0.335 e. The molecule has 0 radical (unpaired) electrons. The highest BCUT2D eigenvalue weighted by Crippen LogP contribution is 2.30. The van der Waals surface area contributed by atoms with Crippen LogP contribution in [0.4, 0.5) is 13.2 Å². The van der Waals surface area contributed by atoms with Crippen molar-refractivity contribution in [1.82, 2.24) is 4.90 Å². The number of carbonyl (C=O) groups is 1. The minimum absolute atomic E-state index is 0.00359. The normalized spacial score (nSPS) is 20.1. The highest BCUT2D eigenvalue weighted by atomic mass is 32.2. The molecule has 0 saturated carbocycles. The van der Waals surface area contributed by atoms with Crippen LogP contribution in [0.5, 0.6) is 0 Å². The molecule has 0 N–H and O–H groups in total. The van der Waals surface area contributed by atoms with Gasteiger partial charge in [0.05, 0.1) is 16.4 Å². The maximum atomic E-state index is 12.7. The third kappa shape index (κ3) is 4.20. The molecule has 26 heavy (non-hydrogen) atoms. The van der Waals surface area contributed by atoms with Crippen molar-refractivity contribution < 1.29 is 34.8 Å². The van der Waals surface area contributed by atoms with Crippen LogP contribution >= 0.6 is 0 Å². The van der Waals surface area contributed by atoms with Crippen LogP contribution in [0.2, 0.25) is 0 Å². The van der Waals surface area contributed by atoms with Gasteiger partial charge in [-0.25, -0.2) is 16.8 Å². The van der Waals surface area contributed by atoms with Gasteiger partial charge in [-0.15, -0.1) is 0 Å². The molecule has 1 amide bonds. The zero-order valence-electron chi connectivity index (χ0n) is 13.9. The summed E-state index contributed by atoms with van der Waals surface area (Å²) in [7, 11) is -8.70. The number of sulfone groups is 2. The molecule has 1 heterocycles. The van der Waals surface area contributed by atoms with Gasteiger partial charge in [-0.05, 0) is 37.1 Å². The van der Waals surface area contributed by atoms with Gasteiger partial charge < -0.3 is 4.90 Å². The van der Waals surface area contributed by atoms with Gasteiger partial charge in [-0.3, -0.25) is 4.79 Å². The molecule has 0 spiro atoms. The van der Waals surface area contributed by atoms with E-state index in [1.165, 1.54) is 4.90 Å². The molecule has 1 aromatic carbocycles. The van der Waals surface area contributed by atoms with Crippen LogP contribution in [-0.2, 0) is 19.7 Å². The Morgan fingerprint density at radius 3 is 2.23 bits per heavy atom. The molecule has 11 heteroatoms. The predicted molar refractivity (Wildman–Crippen MR) is 88.1 cm³/mol. The standard InChI is InChI=1S/C15H18F3NO5S2/c1-2-8-19(12-7-9-25(21,22)10-12)14(20)11-3-5-13(6-4-11)26(23,24)15(16,17)18/h3-6,12H,2,7-10H2,1H3. The van der Waals surface area contributed by atoms with Crippen molar-refractivity contribution in [2.24, 2.45) is 0 Å². The number of nitrogens with zero attached hydrogens (tertiary/aromatic N) is 1. The summed E-state index contributed by atoms with van der Waals surface area (Å²) in [5, 5.41) is 0. The van der Waals surface area contributed by atoms with Gasteiger partial charge in [0.2, 0.25) is 0 Å². The number of benzene rings is 1. The first-order valence-corrected chi connectivity index (χ1v) is 11.1. The van der Waals surface area contributed by atoms with Gasteiger partial charge in [-0.2, -0.15) is 13.2 Å². The smallest absolute Gasteiger partial charge is 0.335 e. The molecule has 1 saturated heterocycles. The van der Waals surface area contributed by atoms with Gasteiger partial charge in [0.15, 0.2) is 9.84 Å². The third-order valence-corrected chi connectivity index (χ3v) is 7.34. The Morgan fingerprint density at radius 2 is 1.81 bits per heavy atom. The van der Waals surface area contributed by atoms with E-state index in [1.54, 1.807) is 0 Å². The van der Waals surface area contributed by atoms with E-state index in [4.69, 9.17) is 0 Å². The van der Waals surface area contributed by atoms with E-state index < -0.39 is 42.0 Å². The Balaban J connectivity index is 2.28. The molecule has 0 aliphatic carbocycles. The topological polar surface area (TPSA) is 88.6 Å². The molecule has 1 unspecified atom stereocenters. The summed E-state index contributed by atoms with van der Waals surface area (Å²) in [6, 6.07) is 2.98. The molecular weight excluding hydrogens is 395 g/mol. The Morgan fingerprint density at radius 1 is 1.23 bits per heavy atom. The fraction of sp³-hybridized carbons (Fsp3) is 0.533. The average Bonchev–Trinajstić information content (AvgIpc) is 2.90. The van der Waals surface area contributed by atoms with Crippen molar-refractivity contribution in [1.29, 1.82) is 0 Å². The van der Waals surface area contributed by atoms with Crippen LogP contribution in [0.3, 0.4) is 0 Å². The summed E-state index contributed by atoms with van der Waals surface area (Å²) in [4.78, 5) is 13.1. The molecule has 1 fully saturated rings. The number of hydrogen-bond donors (Lipinski definition) is 0. The average molecular weight is 413 g/mol. The van der Waals surface area contributed by atoms with Crippen LogP contribution in [0, 0.1) is 0 Å². The molecule has 0 bridgehead atoms. The largest absolute Gasteiger partial charge is 0.501 e. The number of alkyl halides is 3. The molecule has 1 aromatic rings. The summed E-state index contributed by atoms with van der Waals surface area (Å²) in [6.07, 6.45) is 0.872. The lowest BCUT2D eigenvalue weighted by molar-refractivity contribution is -0.0436. The highest BCUT2D eigenvalue weighted by molar-refractivity contribution is 7.92. The Hall–Kier alpha value is -1.62. The predicted octanol–water partition coefficient (Wildman–Crippen LogP) is 2.02. The number of rotatable bonds is 5. The second-order valence-corrected chi connectivity index (χ2v) is 10.2. The monoisotopic (exact) mass is 413 g/mol. The zero-order chi connectivity index (χ0) is 19.8. The summed E-state index contributed by atoms with van der Waals surface area (Å²) in [6.45, 7) is 2.10. The van der Waals surface area contributed by atoms with E-state index in [1.807, 2.05) is 6.92 Å². The summed E-state index contributed by atoms with van der Waals surface area (Å²) in [5.74, 6) is -0.711. The van der Waals surface area contributed by atoms with Crippen molar-refractivity contribution in [3.05, 3.63) is 29.8 Å². The molecular formula is C15H18F3NO5S2. The van der Waals surface area contributed by atoms with Crippen LogP contribution in [-0.4, -0.2) is 57.2 Å². The number of carbonyl (C=O) groups excluding carboxylic acids is 1. The van der Waals surface area contributed by atoms with Gasteiger partial charge >= 0.3 is 5.51 Å². The van der Waals surface area contributed by atoms with E-state index in [0.29, 0.717) is 19.4 Å². The number of hydrogen-bond acceptors (Lipinski definition) is 5. The quantitative estimate of drug-likeness (QED) is 0.737. The van der Waals surface area contributed by atoms with Crippen LogP contribution in [0.15, 0.2) is 29.2 Å². The van der Waals surface area contributed by atoms with Gasteiger partial charge in [0, 0.05) is 18.2 Å². The van der Waals surface area contributed by atoms with Gasteiger partial charge in [0.1, 0.15) is 0 Å². The van der Waals surface area contributed by atoms with Gasteiger partial charge in [0.25, 0.3) is 15.7 Å². The number of halogens is 3. The van der Waals surface area contributed by atoms with Crippen LogP contribution < -0.4 is 0 Å². The van der Waals surface area contributed by atoms with Crippen molar-refractivity contribution in [3.8, 4) is 0 Å². The highest BCUT2D eigenvalue weighted by Gasteiger charge is 2.46. The molecule has 146 valence electrons. The van der Waals surface area contributed by atoms with E-state index in [-0.39, 0.29) is 17.1 Å². The zero-order valence-corrected chi connectivity index (χ0v) is 15.5. The minimum atomic E-state index is -5.48. The lowest BCUT2D eigenvalue weighted by Crippen LogP contribution is -2.41. The SMILES string of the molecule is CCCN(C(=O)c1ccc(S(=O)(=O)C(F)(F)F)cc1)C1CCS(=O)(=O)C1. The lowest BCUT2D eigenvalue weighted by atomic mass is 10.1. The molecule has 6 nitrogen and oxygen atoms in total. The van der Waals surface area contributed by atoms with Crippen molar-refractivity contribution in [3.63, 3.8) is 0 Å². The van der Waals surface area contributed by atoms with Gasteiger partial charge in [-0.1, -0.05) is 6.92 Å². The van der Waals surface area contributed by atoms with E-state index in [9.17, 15) is 34.8 Å². The Kier molecular flexibility index (Phi) is 5.71.